The Morgan fingerprint density at radius 3 is 2.57 bits per heavy atom. The quantitative estimate of drug-likeness (QED) is 0.240. The number of allylic oxidation sites excluding steroid dienone is 1. The number of nitrogens with one attached hydrogen (secondary N) is 1. The number of unbranched alkanes of at least 4 members (excludes halogenated alkanes) is 1. The molecular weight excluding hydrogens is 354 g/mol. The van der Waals surface area contributed by atoms with Crippen molar-refractivity contribution in [2.24, 2.45) is 10.7 Å². The van der Waals surface area contributed by atoms with E-state index < -0.39 is 0 Å². The number of amides is 2. The maximum absolute atomic E-state index is 11.9. The molecule has 0 bridgehead atoms. The Bertz CT molecular complexity index is 639. The first kappa shape index (κ1) is 25.4. The van der Waals surface area contributed by atoms with E-state index in [2.05, 4.69) is 29.1 Å². The second kappa shape index (κ2) is 15.5. The SMILES string of the molecule is CCCN=C(C)/C(C#CCCCNC(=O)CN(C)C(=O)/C=C/CN(C)C)=C\N. The maximum Gasteiger partial charge on any atom is 0.246 e. The summed E-state index contributed by atoms with van der Waals surface area (Å²) >= 11 is 0. The Kier molecular flexibility index (Phi) is 14.0. The van der Waals surface area contributed by atoms with Crippen molar-refractivity contribution in [2.45, 2.75) is 33.1 Å². The van der Waals surface area contributed by atoms with E-state index in [-0.39, 0.29) is 18.4 Å². The first-order valence-electron chi connectivity index (χ1n) is 9.57. The van der Waals surface area contributed by atoms with Gasteiger partial charge in [-0.15, -0.1) is 0 Å². The lowest BCUT2D eigenvalue weighted by Gasteiger charge is -2.14. The molecule has 3 N–H and O–H groups in total. The van der Waals surface area contributed by atoms with Gasteiger partial charge in [0.25, 0.3) is 0 Å². The van der Waals surface area contributed by atoms with Crippen molar-refractivity contribution in [1.29, 1.82) is 0 Å². The highest BCUT2D eigenvalue weighted by Crippen LogP contribution is 1.97. The summed E-state index contributed by atoms with van der Waals surface area (Å²) in [5.74, 6) is 5.69. The van der Waals surface area contributed by atoms with Crippen LogP contribution in [0.1, 0.15) is 33.1 Å². The van der Waals surface area contributed by atoms with Gasteiger partial charge in [-0.05, 0) is 33.9 Å². The second-order valence-corrected chi connectivity index (χ2v) is 6.66. The van der Waals surface area contributed by atoms with Crippen molar-refractivity contribution in [1.82, 2.24) is 15.1 Å². The summed E-state index contributed by atoms with van der Waals surface area (Å²) in [6.45, 7) is 5.95. The van der Waals surface area contributed by atoms with Gasteiger partial charge in [-0.1, -0.05) is 24.8 Å². The highest BCUT2D eigenvalue weighted by molar-refractivity contribution is 6.02. The third-order valence-corrected chi connectivity index (χ3v) is 3.64. The molecule has 0 aromatic heterocycles. The average molecular weight is 390 g/mol. The first-order valence-corrected chi connectivity index (χ1v) is 9.57. The lowest BCUT2D eigenvalue weighted by Crippen LogP contribution is -2.38. The molecule has 0 aliphatic heterocycles. The Morgan fingerprint density at radius 2 is 1.96 bits per heavy atom. The largest absolute Gasteiger partial charge is 0.404 e. The van der Waals surface area contributed by atoms with Crippen LogP contribution in [-0.4, -0.2) is 74.6 Å². The minimum atomic E-state index is -0.191. The van der Waals surface area contributed by atoms with Crippen LogP contribution in [0, 0.1) is 11.8 Å². The monoisotopic (exact) mass is 389 g/mol. The number of carbonyl (C=O) groups is 2. The number of nitrogens with two attached hydrogens (primary N) is 1. The molecule has 156 valence electrons. The molecule has 0 radical (unpaired) electrons. The van der Waals surface area contributed by atoms with Gasteiger partial charge in [0.05, 0.1) is 12.1 Å². The minimum Gasteiger partial charge on any atom is -0.404 e. The third-order valence-electron chi connectivity index (χ3n) is 3.64. The molecule has 2 amide bonds. The molecule has 0 heterocycles. The van der Waals surface area contributed by atoms with Crippen LogP contribution in [0.4, 0.5) is 0 Å². The summed E-state index contributed by atoms with van der Waals surface area (Å²) in [5, 5.41) is 2.80. The molecular formula is C21H35N5O2. The van der Waals surface area contributed by atoms with E-state index in [1.807, 2.05) is 25.9 Å². The molecule has 0 fully saturated rings. The van der Waals surface area contributed by atoms with Gasteiger partial charge in [0.1, 0.15) is 0 Å². The standard InChI is InChI=1S/C21H35N5O2/c1-6-13-23-18(2)19(16-22)11-8-7-9-14-24-20(27)17-26(5)21(28)12-10-15-25(3)4/h10,12,16H,6-7,9,13-15,17,22H2,1-5H3,(H,24,27)/b12-10+,19-16-,23-18?. The van der Waals surface area contributed by atoms with E-state index in [1.165, 1.54) is 17.2 Å². The van der Waals surface area contributed by atoms with Crippen LogP contribution in [0.25, 0.3) is 0 Å². The summed E-state index contributed by atoms with van der Waals surface area (Å²) < 4.78 is 0. The van der Waals surface area contributed by atoms with Crippen LogP contribution in [0.2, 0.25) is 0 Å². The molecule has 0 saturated carbocycles. The fourth-order valence-electron chi connectivity index (χ4n) is 2.02. The Labute approximate surface area is 169 Å². The smallest absolute Gasteiger partial charge is 0.246 e. The van der Waals surface area contributed by atoms with Gasteiger partial charge in [-0.25, -0.2) is 0 Å². The third kappa shape index (κ3) is 12.7. The fourth-order valence-corrected chi connectivity index (χ4v) is 2.02. The van der Waals surface area contributed by atoms with E-state index in [9.17, 15) is 9.59 Å². The number of nitrogens with zero attached hydrogens (tertiary/aromatic N) is 3. The maximum atomic E-state index is 11.9. The van der Waals surface area contributed by atoms with Crippen LogP contribution in [-0.2, 0) is 9.59 Å². The predicted molar refractivity (Wildman–Crippen MR) is 116 cm³/mol. The van der Waals surface area contributed by atoms with E-state index in [4.69, 9.17) is 5.73 Å². The Balaban J connectivity index is 4.17. The summed E-state index contributed by atoms with van der Waals surface area (Å²) in [5.41, 5.74) is 7.18. The number of rotatable bonds is 11. The van der Waals surface area contributed by atoms with Crippen molar-refractivity contribution in [3.05, 3.63) is 23.9 Å². The van der Waals surface area contributed by atoms with Crippen molar-refractivity contribution < 1.29 is 9.59 Å². The molecule has 0 aromatic rings. The van der Waals surface area contributed by atoms with Crippen molar-refractivity contribution in [3.63, 3.8) is 0 Å². The van der Waals surface area contributed by atoms with E-state index in [0.717, 1.165) is 30.7 Å². The van der Waals surface area contributed by atoms with Crippen LogP contribution < -0.4 is 11.1 Å². The lowest BCUT2D eigenvalue weighted by molar-refractivity contribution is -0.131. The first-order chi connectivity index (χ1) is 13.3. The number of carbonyl (C=O) groups excluding carboxylic acids is 2. The van der Waals surface area contributed by atoms with Crippen molar-refractivity contribution in [2.75, 3.05) is 47.3 Å². The highest BCUT2D eigenvalue weighted by atomic mass is 16.2. The molecule has 28 heavy (non-hydrogen) atoms. The number of likely N-dealkylation sites (N-methyl/N-ethyl adjacent to an activating group) is 2. The van der Waals surface area contributed by atoms with Gasteiger partial charge in [0.2, 0.25) is 11.8 Å². The van der Waals surface area contributed by atoms with Crippen LogP contribution in [0.5, 0.6) is 0 Å². The van der Waals surface area contributed by atoms with Crippen molar-refractivity contribution >= 4 is 17.5 Å². The molecule has 0 aliphatic rings. The van der Waals surface area contributed by atoms with Gasteiger partial charge >= 0.3 is 0 Å². The number of hydrogen-bond donors (Lipinski definition) is 2. The minimum absolute atomic E-state index is 0.0317. The molecule has 0 saturated heterocycles. The van der Waals surface area contributed by atoms with Crippen LogP contribution >= 0.6 is 0 Å². The molecule has 7 nitrogen and oxygen atoms in total. The van der Waals surface area contributed by atoms with E-state index >= 15 is 0 Å². The number of hydrogen-bond acceptors (Lipinski definition) is 5. The van der Waals surface area contributed by atoms with Crippen LogP contribution in [0.15, 0.2) is 28.9 Å². The van der Waals surface area contributed by atoms with E-state index in [0.29, 0.717) is 19.5 Å². The van der Waals surface area contributed by atoms with Gasteiger partial charge < -0.3 is 20.9 Å². The highest BCUT2D eigenvalue weighted by Gasteiger charge is 2.09. The average Bonchev–Trinajstić information content (AvgIpc) is 2.65. The van der Waals surface area contributed by atoms with Gasteiger partial charge in [-0.3, -0.25) is 14.6 Å². The summed E-state index contributed by atoms with van der Waals surface area (Å²) in [6.07, 6.45) is 7.08. The molecule has 0 unspecified atom stereocenters. The summed E-state index contributed by atoms with van der Waals surface area (Å²) in [4.78, 5) is 31.5. The zero-order chi connectivity index (χ0) is 21.4. The molecule has 0 spiro atoms. The Morgan fingerprint density at radius 1 is 1.25 bits per heavy atom. The molecule has 7 heteroatoms. The predicted octanol–water partition coefficient (Wildman–Crippen LogP) is 1.18. The second-order valence-electron chi connectivity index (χ2n) is 6.66. The van der Waals surface area contributed by atoms with Gasteiger partial charge in [0, 0.05) is 51.1 Å². The van der Waals surface area contributed by atoms with Crippen LogP contribution in [0.3, 0.4) is 0 Å². The van der Waals surface area contributed by atoms with Gasteiger partial charge in [-0.2, -0.15) is 0 Å². The topological polar surface area (TPSA) is 91.0 Å². The number of aliphatic imine (C=N–C) groups is 1. The van der Waals surface area contributed by atoms with Gasteiger partial charge in [0.15, 0.2) is 0 Å². The van der Waals surface area contributed by atoms with E-state index in [1.54, 1.807) is 13.1 Å². The van der Waals surface area contributed by atoms with Crippen molar-refractivity contribution in [3.8, 4) is 11.8 Å². The Hall–Kier alpha value is -2.59. The zero-order valence-electron chi connectivity index (χ0n) is 17.9. The molecule has 0 aliphatic carbocycles. The zero-order valence-corrected chi connectivity index (χ0v) is 17.9. The summed E-state index contributed by atoms with van der Waals surface area (Å²) in [6, 6.07) is 0. The summed E-state index contributed by atoms with van der Waals surface area (Å²) in [7, 11) is 5.45. The normalized spacial score (nSPS) is 12.1. The lowest BCUT2D eigenvalue weighted by atomic mass is 10.2. The fraction of sp³-hybridized carbons (Fsp3) is 0.571. The molecule has 0 aromatic carbocycles. The molecule has 0 atom stereocenters. The molecule has 0 rings (SSSR count).